The number of amides is 1. The zero-order chi connectivity index (χ0) is 13.1. The van der Waals surface area contributed by atoms with Gasteiger partial charge in [0.05, 0.1) is 15.1 Å². The number of hydrogen-bond acceptors (Lipinski definition) is 6. The highest BCUT2D eigenvalue weighted by Gasteiger charge is 2.11. The summed E-state index contributed by atoms with van der Waals surface area (Å²) in [7, 11) is 1.42. The largest absolute Gasteiger partial charge is 0.375 e. The van der Waals surface area contributed by atoms with Crippen molar-refractivity contribution in [2.75, 3.05) is 19.0 Å². The van der Waals surface area contributed by atoms with Gasteiger partial charge in [0, 0.05) is 19.2 Å². The molecule has 0 aliphatic heterocycles. The van der Waals surface area contributed by atoms with Crippen molar-refractivity contribution in [1.82, 2.24) is 4.98 Å². The summed E-state index contributed by atoms with van der Waals surface area (Å²) in [5, 5.41) is 13.6. The Morgan fingerprint density at radius 3 is 3.06 bits per heavy atom. The first-order valence-corrected chi connectivity index (χ1v) is 5.75. The van der Waals surface area contributed by atoms with Gasteiger partial charge in [0.1, 0.15) is 6.61 Å². The molecule has 1 N–H and O–H groups in total. The van der Waals surface area contributed by atoms with Crippen LogP contribution in [0.2, 0.25) is 0 Å². The molecule has 0 aliphatic carbocycles. The number of methoxy groups -OCH3 is 1. The Morgan fingerprint density at radius 1 is 1.61 bits per heavy atom. The van der Waals surface area contributed by atoms with Crippen molar-refractivity contribution in [2.45, 2.75) is 0 Å². The summed E-state index contributed by atoms with van der Waals surface area (Å²) in [6.07, 6.45) is 0. The average Bonchev–Trinajstić information content (AvgIpc) is 2.69. The van der Waals surface area contributed by atoms with Crippen LogP contribution in [-0.4, -0.2) is 29.5 Å². The standard InChI is InChI=1S/C10H9N3O4S/c1-17-5-9(14)12-10-11-7-3-2-6(13(15)16)4-8(7)18-10/h2-4H,5H2,1H3,(H,11,12,14). The second-order valence-corrected chi connectivity index (χ2v) is 4.44. The molecule has 1 aromatic carbocycles. The summed E-state index contributed by atoms with van der Waals surface area (Å²) < 4.78 is 5.33. The van der Waals surface area contributed by atoms with E-state index in [2.05, 4.69) is 15.0 Å². The molecule has 1 heterocycles. The van der Waals surface area contributed by atoms with E-state index in [1.54, 1.807) is 6.07 Å². The van der Waals surface area contributed by atoms with Crippen LogP contribution in [0.3, 0.4) is 0 Å². The molecule has 0 saturated heterocycles. The molecule has 1 aromatic heterocycles. The fraction of sp³-hybridized carbons (Fsp3) is 0.200. The number of benzene rings is 1. The van der Waals surface area contributed by atoms with Gasteiger partial charge in [-0.05, 0) is 6.07 Å². The third-order valence-corrected chi connectivity index (χ3v) is 3.04. The lowest BCUT2D eigenvalue weighted by Gasteiger charge is -1.98. The Balaban J connectivity index is 2.27. The number of nitrogens with one attached hydrogen (secondary N) is 1. The number of carbonyl (C=O) groups excluding carboxylic acids is 1. The molecule has 2 rings (SSSR count). The molecular weight excluding hydrogens is 258 g/mol. The smallest absolute Gasteiger partial charge is 0.270 e. The number of anilines is 1. The van der Waals surface area contributed by atoms with Crippen LogP contribution in [-0.2, 0) is 9.53 Å². The minimum Gasteiger partial charge on any atom is -0.375 e. The summed E-state index contributed by atoms with van der Waals surface area (Å²) in [6.45, 7) is -0.0595. The lowest BCUT2D eigenvalue weighted by atomic mass is 10.3. The highest BCUT2D eigenvalue weighted by Crippen LogP contribution is 2.28. The maximum Gasteiger partial charge on any atom is 0.270 e. The van der Waals surface area contributed by atoms with Crippen LogP contribution in [0.5, 0.6) is 0 Å². The number of nitro benzene ring substituents is 1. The number of non-ortho nitro benzene ring substituents is 1. The van der Waals surface area contributed by atoms with Crippen LogP contribution >= 0.6 is 11.3 Å². The predicted octanol–water partition coefficient (Wildman–Crippen LogP) is 1.79. The zero-order valence-electron chi connectivity index (χ0n) is 9.37. The number of hydrogen-bond donors (Lipinski definition) is 1. The molecule has 0 unspecified atom stereocenters. The van der Waals surface area contributed by atoms with Crippen LogP contribution in [0.15, 0.2) is 18.2 Å². The highest BCUT2D eigenvalue weighted by atomic mass is 32.1. The maximum absolute atomic E-state index is 11.3. The Bertz CT molecular complexity index is 610. The van der Waals surface area contributed by atoms with Crippen molar-refractivity contribution >= 4 is 38.3 Å². The van der Waals surface area contributed by atoms with Crippen molar-refractivity contribution in [3.8, 4) is 0 Å². The summed E-state index contributed by atoms with van der Waals surface area (Å²) >= 11 is 1.18. The van der Waals surface area contributed by atoms with E-state index >= 15 is 0 Å². The van der Waals surface area contributed by atoms with Crippen LogP contribution in [0.25, 0.3) is 10.2 Å². The molecule has 18 heavy (non-hydrogen) atoms. The number of nitro groups is 1. The Hall–Kier alpha value is -2.06. The van der Waals surface area contributed by atoms with E-state index < -0.39 is 4.92 Å². The summed E-state index contributed by atoms with van der Waals surface area (Å²) in [4.78, 5) is 25.6. The van der Waals surface area contributed by atoms with Crippen molar-refractivity contribution in [3.05, 3.63) is 28.3 Å². The SMILES string of the molecule is COCC(=O)Nc1nc2ccc([N+](=O)[O-])cc2s1. The van der Waals surface area contributed by atoms with Gasteiger partial charge in [-0.15, -0.1) is 0 Å². The fourth-order valence-electron chi connectivity index (χ4n) is 1.37. The van der Waals surface area contributed by atoms with Crippen molar-refractivity contribution in [1.29, 1.82) is 0 Å². The van der Waals surface area contributed by atoms with Gasteiger partial charge in [-0.25, -0.2) is 4.98 Å². The molecule has 0 radical (unpaired) electrons. The lowest BCUT2D eigenvalue weighted by molar-refractivity contribution is -0.384. The Morgan fingerprint density at radius 2 is 2.39 bits per heavy atom. The van der Waals surface area contributed by atoms with Crippen molar-refractivity contribution in [2.24, 2.45) is 0 Å². The van der Waals surface area contributed by atoms with Gasteiger partial charge in [0.25, 0.3) is 11.6 Å². The lowest BCUT2D eigenvalue weighted by Crippen LogP contribution is -2.16. The zero-order valence-corrected chi connectivity index (χ0v) is 10.2. The van der Waals surface area contributed by atoms with Gasteiger partial charge in [0.15, 0.2) is 5.13 Å². The molecule has 0 bridgehead atoms. The predicted molar refractivity (Wildman–Crippen MR) is 66.8 cm³/mol. The Labute approximate surface area is 106 Å². The molecule has 0 atom stereocenters. The molecule has 94 valence electrons. The summed E-state index contributed by atoms with van der Waals surface area (Å²) in [5.74, 6) is -0.314. The van der Waals surface area contributed by atoms with E-state index in [-0.39, 0.29) is 18.2 Å². The molecule has 0 saturated carbocycles. The molecule has 0 aliphatic rings. The molecular formula is C10H9N3O4S. The highest BCUT2D eigenvalue weighted by molar-refractivity contribution is 7.22. The molecule has 0 fully saturated rings. The first kappa shape index (κ1) is 12.4. The fourth-order valence-corrected chi connectivity index (χ4v) is 2.28. The molecule has 7 nitrogen and oxygen atoms in total. The van der Waals surface area contributed by atoms with Crippen LogP contribution < -0.4 is 5.32 Å². The molecule has 1 amide bonds. The van der Waals surface area contributed by atoms with Crippen molar-refractivity contribution in [3.63, 3.8) is 0 Å². The molecule has 8 heteroatoms. The average molecular weight is 267 g/mol. The number of thiazole rings is 1. The quantitative estimate of drug-likeness (QED) is 0.673. The van der Waals surface area contributed by atoms with Crippen LogP contribution in [0.1, 0.15) is 0 Å². The number of aromatic nitrogens is 1. The number of rotatable bonds is 4. The minimum atomic E-state index is -0.470. The number of nitrogens with zero attached hydrogens (tertiary/aromatic N) is 2. The van der Waals surface area contributed by atoms with Crippen molar-refractivity contribution < 1.29 is 14.5 Å². The van der Waals surface area contributed by atoms with Crippen LogP contribution in [0.4, 0.5) is 10.8 Å². The van der Waals surface area contributed by atoms with Gasteiger partial charge in [-0.1, -0.05) is 11.3 Å². The van der Waals surface area contributed by atoms with E-state index in [0.717, 1.165) is 0 Å². The van der Waals surface area contributed by atoms with Crippen LogP contribution in [0, 0.1) is 10.1 Å². The Kier molecular flexibility index (Phi) is 3.49. The monoisotopic (exact) mass is 267 g/mol. The second-order valence-electron chi connectivity index (χ2n) is 3.41. The van der Waals surface area contributed by atoms with E-state index in [0.29, 0.717) is 15.3 Å². The molecule has 0 spiro atoms. The maximum atomic E-state index is 11.3. The first-order chi connectivity index (χ1) is 8.60. The number of ether oxygens (including phenoxy) is 1. The van der Waals surface area contributed by atoms with E-state index in [1.165, 1.54) is 30.6 Å². The third-order valence-electron chi connectivity index (χ3n) is 2.10. The normalized spacial score (nSPS) is 10.5. The summed E-state index contributed by atoms with van der Waals surface area (Å²) in [6, 6.07) is 4.36. The van der Waals surface area contributed by atoms with Gasteiger partial charge in [-0.2, -0.15) is 0 Å². The summed E-state index contributed by atoms with van der Waals surface area (Å²) in [5.41, 5.74) is 0.610. The van der Waals surface area contributed by atoms with Gasteiger partial charge in [-0.3, -0.25) is 20.2 Å². The number of carbonyl (C=O) groups is 1. The number of fused-ring (bicyclic) bond motifs is 1. The van der Waals surface area contributed by atoms with E-state index in [1.807, 2.05) is 0 Å². The van der Waals surface area contributed by atoms with Gasteiger partial charge < -0.3 is 4.74 Å². The van der Waals surface area contributed by atoms with E-state index in [9.17, 15) is 14.9 Å². The van der Waals surface area contributed by atoms with E-state index in [4.69, 9.17) is 0 Å². The minimum absolute atomic E-state index is 0.000850. The topological polar surface area (TPSA) is 94.4 Å². The third kappa shape index (κ3) is 2.60. The second kappa shape index (κ2) is 5.07. The first-order valence-electron chi connectivity index (χ1n) is 4.94. The van der Waals surface area contributed by atoms with Gasteiger partial charge in [0.2, 0.25) is 0 Å². The molecule has 2 aromatic rings. The van der Waals surface area contributed by atoms with Gasteiger partial charge >= 0.3 is 0 Å².